The zero-order valence-corrected chi connectivity index (χ0v) is 15.9. The van der Waals surface area contributed by atoms with Crippen molar-refractivity contribution in [1.82, 2.24) is 24.7 Å². The summed E-state index contributed by atoms with van der Waals surface area (Å²) in [5.74, 6) is 0.778. The van der Waals surface area contributed by atoms with E-state index in [0.717, 1.165) is 16.9 Å². The summed E-state index contributed by atoms with van der Waals surface area (Å²) < 4.78 is 7.51. The Kier molecular flexibility index (Phi) is 6.18. The molecule has 0 unspecified atom stereocenters. The summed E-state index contributed by atoms with van der Waals surface area (Å²) in [7, 11) is 1.76. The monoisotopic (exact) mass is 380 g/mol. The van der Waals surface area contributed by atoms with Gasteiger partial charge < -0.3 is 30.9 Å². The lowest BCUT2D eigenvalue weighted by Crippen LogP contribution is -2.09. The van der Waals surface area contributed by atoms with E-state index in [1.54, 1.807) is 19.4 Å². The van der Waals surface area contributed by atoms with E-state index in [9.17, 15) is 0 Å². The van der Waals surface area contributed by atoms with Crippen LogP contribution in [0, 0.1) is 5.41 Å². The molecule has 0 aliphatic heterocycles. The van der Waals surface area contributed by atoms with Gasteiger partial charge in [0.05, 0.1) is 30.4 Å². The van der Waals surface area contributed by atoms with Crippen molar-refractivity contribution in [3.8, 4) is 0 Å². The highest BCUT2D eigenvalue weighted by atomic mass is 16.5. The van der Waals surface area contributed by atoms with Crippen molar-refractivity contribution < 1.29 is 4.74 Å². The van der Waals surface area contributed by atoms with Gasteiger partial charge in [0, 0.05) is 44.4 Å². The third kappa shape index (κ3) is 4.26. The number of allylic oxidation sites excluding steroid dienone is 1. The molecule has 0 saturated heterocycles. The van der Waals surface area contributed by atoms with Gasteiger partial charge in [-0.3, -0.25) is 0 Å². The lowest BCUT2D eigenvalue weighted by atomic mass is 10.2. The summed E-state index contributed by atoms with van der Waals surface area (Å²) in [4.78, 5) is 13.1. The zero-order valence-electron chi connectivity index (χ0n) is 15.9. The summed E-state index contributed by atoms with van der Waals surface area (Å²) in [6.45, 7) is 3.65. The van der Waals surface area contributed by atoms with Crippen molar-refractivity contribution in [3.05, 3.63) is 53.9 Å². The molecule has 5 N–H and O–H groups in total. The molecule has 0 radical (unpaired) electrons. The van der Waals surface area contributed by atoms with Crippen molar-refractivity contribution in [2.24, 2.45) is 0 Å². The molecule has 0 bridgehead atoms. The first kappa shape index (κ1) is 19.3. The van der Waals surface area contributed by atoms with Gasteiger partial charge in [0.15, 0.2) is 11.6 Å². The number of rotatable bonds is 9. The van der Waals surface area contributed by atoms with Crippen molar-refractivity contribution in [2.75, 3.05) is 24.7 Å². The first-order valence-corrected chi connectivity index (χ1v) is 8.93. The van der Waals surface area contributed by atoms with Crippen molar-refractivity contribution in [2.45, 2.75) is 20.1 Å². The lowest BCUT2D eigenvalue weighted by Gasteiger charge is -2.11. The Morgan fingerprint density at radius 2 is 2.18 bits per heavy atom. The van der Waals surface area contributed by atoms with Crippen LogP contribution in [0.1, 0.15) is 23.9 Å². The second-order valence-corrected chi connectivity index (χ2v) is 6.03. The van der Waals surface area contributed by atoms with Crippen LogP contribution in [-0.4, -0.2) is 39.2 Å². The van der Waals surface area contributed by atoms with Crippen LogP contribution < -0.4 is 16.4 Å². The van der Waals surface area contributed by atoms with E-state index in [1.165, 1.54) is 6.21 Å². The Morgan fingerprint density at radius 1 is 1.32 bits per heavy atom. The highest BCUT2D eigenvalue weighted by Gasteiger charge is 2.09. The maximum absolute atomic E-state index is 7.52. The fraction of sp³-hybridized carbons (Fsp3) is 0.263. The van der Waals surface area contributed by atoms with Gasteiger partial charge in [0.25, 0.3) is 0 Å². The van der Waals surface area contributed by atoms with Crippen LogP contribution in [-0.2, 0) is 17.9 Å². The number of hydrogen-bond acceptors (Lipinski definition) is 8. The molecular weight excluding hydrogens is 356 g/mol. The first-order chi connectivity index (χ1) is 13.7. The topological polar surface area (TPSA) is 126 Å². The van der Waals surface area contributed by atoms with Gasteiger partial charge in [0.2, 0.25) is 0 Å². The van der Waals surface area contributed by atoms with Gasteiger partial charge >= 0.3 is 0 Å². The number of fused-ring (bicyclic) bond motifs is 1. The fourth-order valence-corrected chi connectivity index (χ4v) is 2.69. The largest absolute Gasteiger partial charge is 0.393 e. The van der Waals surface area contributed by atoms with Crippen LogP contribution >= 0.6 is 0 Å². The van der Waals surface area contributed by atoms with E-state index in [4.69, 9.17) is 15.9 Å². The molecule has 3 aromatic rings. The predicted molar refractivity (Wildman–Crippen MR) is 110 cm³/mol. The first-order valence-electron chi connectivity index (χ1n) is 8.93. The van der Waals surface area contributed by atoms with Crippen LogP contribution in [0.15, 0.2) is 36.9 Å². The maximum atomic E-state index is 7.52. The van der Waals surface area contributed by atoms with Crippen LogP contribution in [0.2, 0.25) is 0 Å². The van der Waals surface area contributed by atoms with Gasteiger partial charge in [-0.2, -0.15) is 0 Å². The summed E-state index contributed by atoms with van der Waals surface area (Å²) in [6, 6.07) is 3.96. The highest BCUT2D eigenvalue weighted by Crippen LogP contribution is 2.18. The molecule has 3 heterocycles. The molecule has 0 spiro atoms. The number of anilines is 2. The van der Waals surface area contributed by atoms with Crippen molar-refractivity contribution in [1.29, 1.82) is 5.41 Å². The number of nitrogens with two attached hydrogens (primary N) is 1. The van der Waals surface area contributed by atoms with Crippen LogP contribution in [0.5, 0.6) is 0 Å². The quantitative estimate of drug-likeness (QED) is 0.419. The van der Waals surface area contributed by atoms with Gasteiger partial charge in [-0.15, -0.1) is 0 Å². The number of imidazole rings is 1. The Balaban J connectivity index is 1.80. The summed E-state index contributed by atoms with van der Waals surface area (Å²) >= 11 is 0. The molecule has 0 aliphatic carbocycles. The van der Waals surface area contributed by atoms with E-state index in [0.29, 0.717) is 42.7 Å². The molecule has 0 atom stereocenters. The minimum absolute atomic E-state index is 0.304. The van der Waals surface area contributed by atoms with E-state index in [1.807, 2.05) is 35.9 Å². The molecule has 9 nitrogen and oxygen atoms in total. The summed E-state index contributed by atoms with van der Waals surface area (Å²) in [6.07, 6.45) is 8.28. The second-order valence-electron chi connectivity index (χ2n) is 6.03. The van der Waals surface area contributed by atoms with Crippen molar-refractivity contribution >= 4 is 29.1 Å². The average Bonchev–Trinajstić information content (AvgIpc) is 3.12. The third-order valence-corrected chi connectivity index (χ3v) is 4.11. The van der Waals surface area contributed by atoms with Gasteiger partial charge in [0.1, 0.15) is 5.65 Å². The molecule has 0 saturated carbocycles. The zero-order chi connectivity index (χ0) is 19.9. The number of nitrogen functional groups attached to an aromatic ring is 1. The predicted octanol–water partition coefficient (Wildman–Crippen LogP) is 2.06. The SMILES string of the molecule is CCOCc1cnc2ccc(CNc3nc(/C(C=N)=C/NC)cnc3N)cn12. The number of hydrogen-bond donors (Lipinski definition) is 4. The normalized spacial score (nSPS) is 11.6. The number of ether oxygens (including phenoxy) is 1. The molecule has 3 rings (SSSR count). The van der Waals surface area contributed by atoms with E-state index < -0.39 is 0 Å². The molecule has 0 aromatic carbocycles. The fourth-order valence-electron chi connectivity index (χ4n) is 2.69. The number of aromatic nitrogens is 4. The number of nitrogens with zero attached hydrogens (tertiary/aromatic N) is 4. The van der Waals surface area contributed by atoms with E-state index in [2.05, 4.69) is 25.6 Å². The standard InChI is InChI=1S/C19H24N8O/c1-3-28-12-15-9-23-17-5-4-13(11-27(15)17)7-25-19-18(21)24-10-16(26-19)14(6-20)8-22-2/h4-6,8-11,20,22H,3,7,12H2,1-2H3,(H2,21,24)(H,25,26)/b14-8+,20-6?. The Bertz CT molecular complexity index is 995. The maximum Gasteiger partial charge on any atom is 0.169 e. The number of pyridine rings is 1. The molecule has 0 amide bonds. The highest BCUT2D eigenvalue weighted by molar-refractivity contribution is 6.07. The molecule has 9 heteroatoms. The molecule has 28 heavy (non-hydrogen) atoms. The lowest BCUT2D eigenvalue weighted by molar-refractivity contribution is 0.131. The molecule has 146 valence electrons. The van der Waals surface area contributed by atoms with Gasteiger partial charge in [-0.1, -0.05) is 6.07 Å². The Hall–Kier alpha value is -3.46. The molecular formula is C19H24N8O. The summed E-state index contributed by atoms with van der Waals surface area (Å²) in [5, 5.41) is 13.6. The Morgan fingerprint density at radius 3 is 2.93 bits per heavy atom. The van der Waals surface area contributed by atoms with E-state index >= 15 is 0 Å². The molecule has 3 aromatic heterocycles. The summed E-state index contributed by atoms with van der Waals surface area (Å²) in [5.41, 5.74) is 10.0. The average molecular weight is 380 g/mol. The third-order valence-electron chi connectivity index (χ3n) is 4.11. The molecule has 0 fully saturated rings. The second kappa shape index (κ2) is 8.96. The van der Waals surface area contributed by atoms with Crippen molar-refractivity contribution in [3.63, 3.8) is 0 Å². The minimum Gasteiger partial charge on any atom is -0.393 e. The van der Waals surface area contributed by atoms with Crippen LogP contribution in [0.3, 0.4) is 0 Å². The van der Waals surface area contributed by atoms with Gasteiger partial charge in [-0.05, 0) is 18.6 Å². The van der Waals surface area contributed by atoms with Crippen LogP contribution in [0.25, 0.3) is 11.2 Å². The van der Waals surface area contributed by atoms with E-state index in [-0.39, 0.29) is 0 Å². The Labute approximate surface area is 163 Å². The number of nitrogens with one attached hydrogen (secondary N) is 3. The van der Waals surface area contributed by atoms with Crippen LogP contribution in [0.4, 0.5) is 11.6 Å². The van der Waals surface area contributed by atoms with Gasteiger partial charge in [-0.25, -0.2) is 15.0 Å². The smallest absolute Gasteiger partial charge is 0.169 e. The minimum atomic E-state index is 0.304. The molecule has 0 aliphatic rings.